The van der Waals surface area contributed by atoms with Gasteiger partial charge in [0.1, 0.15) is 0 Å². The van der Waals surface area contributed by atoms with Gasteiger partial charge < -0.3 is 10.6 Å². The van der Waals surface area contributed by atoms with Gasteiger partial charge in [-0.1, -0.05) is 42.8 Å². The van der Waals surface area contributed by atoms with E-state index in [9.17, 15) is 4.79 Å². The van der Waals surface area contributed by atoms with Gasteiger partial charge in [-0.25, -0.2) is 0 Å². The average molecular weight is 305 g/mol. The maximum atomic E-state index is 11.5. The minimum Gasteiger partial charge on any atom is -0.340 e. The van der Waals surface area contributed by atoms with Gasteiger partial charge in [0, 0.05) is 18.6 Å². The molecule has 0 saturated carbocycles. The summed E-state index contributed by atoms with van der Waals surface area (Å²) in [5, 5.41) is 0.906. The Morgan fingerprint density at radius 3 is 2.86 bits per heavy atom. The summed E-state index contributed by atoms with van der Waals surface area (Å²) in [6, 6.07) is 8.28. The number of halogens is 1. The number of hydrogen-bond donors (Lipinski definition) is 1. The lowest BCUT2D eigenvalue weighted by atomic mass is 9.90. The van der Waals surface area contributed by atoms with Crippen LogP contribution in [-0.4, -0.2) is 24.4 Å². The number of rotatable bonds is 4. The molecule has 1 aromatic carbocycles. The molecule has 0 bridgehead atoms. The van der Waals surface area contributed by atoms with E-state index in [2.05, 4.69) is 25.1 Å². The van der Waals surface area contributed by atoms with Crippen molar-refractivity contribution >= 4 is 23.1 Å². The molecule has 1 aliphatic rings. The van der Waals surface area contributed by atoms with Crippen LogP contribution in [0.25, 0.3) is 5.57 Å². The highest BCUT2D eigenvalue weighted by Crippen LogP contribution is 2.33. The van der Waals surface area contributed by atoms with E-state index in [1.807, 2.05) is 18.2 Å². The summed E-state index contributed by atoms with van der Waals surface area (Å²) in [6.07, 6.45) is 4.99. The third-order valence-electron chi connectivity index (χ3n) is 3.76. The molecule has 1 aliphatic carbocycles. The van der Waals surface area contributed by atoms with Crippen LogP contribution in [0.1, 0.15) is 24.5 Å². The quantitative estimate of drug-likeness (QED) is 0.929. The van der Waals surface area contributed by atoms with E-state index >= 15 is 0 Å². The molecule has 0 spiro atoms. The lowest BCUT2D eigenvalue weighted by Crippen LogP contribution is -2.32. The van der Waals surface area contributed by atoms with Gasteiger partial charge in [-0.3, -0.25) is 4.79 Å². The second-order valence-corrected chi connectivity index (χ2v) is 5.94. The molecule has 1 amide bonds. The number of likely N-dealkylation sites (N-methyl/N-ethyl adjacent to an activating group) is 1. The van der Waals surface area contributed by atoms with Crippen molar-refractivity contribution < 1.29 is 4.79 Å². The molecule has 0 saturated heterocycles. The second kappa shape index (κ2) is 6.92. The minimum absolute atomic E-state index is 0.0438. The standard InChI is InChI=1S/C17H21ClN2O/c1-12-8-15(6-7-16(12)18)14-5-3-4-13(9-14)11-20(2)17(21)10-19/h3-7,9,12H,8,10-11,19H2,1-2H3. The monoisotopic (exact) mass is 304 g/mol. The van der Waals surface area contributed by atoms with Crippen LogP contribution in [0.2, 0.25) is 0 Å². The van der Waals surface area contributed by atoms with E-state index in [-0.39, 0.29) is 12.5 Å². The van der Waals surface area contributed by atoms with E-state index in [1.165, 1.54) is 11.1 Å². The Labute approximate surface area is 131 Å². The summed E-state index contributed by atoms with van der Waals surface area (Å²) in [4.78, 5) is 13.2. The van der Waals surface area contributed by atoms with Crippen LogP contribution in [-0.2, 0) is 11.3 Å². The molecule has 2 rings (SSSR count). The number of benzene rings is 1. The van der Waals surface area contributed by atoms with Crippen molar-refractivity contribution in [2.24, 2.45) is 11.7 Å². The number of allylic oxidation sites excluding steroid dienone is 4. The highest BCUT2D eigenvalue weighted by atomic mass is 35.5. The fraction of sp³-hybridized carbons (Fsp3) is 0.353. The molecule has 1 aromatic rings. The van der Waals surface area contributed by atoms with Crippen LogP contribution in [0.5, 0.6) is 0 Å². The Hall–Kier alpha value is -1.58. The molecule has 1 unspecified atom stereocenters. The van der Waals surface area contributed by atoms with Crippen molar-refractivity contribution in [3.05, 3.63) is 52.6 Å². The first-order valence-electron chi connectivity index (χ1n) is 7.11. The predicted octanol–water partition coefficient (Wildman–Crippen LogP) is 3.15. The smallest absolute Gasteiger partial charge is 0.236 e. The molecule has 0 aromatic heterocycles. The Bertz CT molecular complexity index is 592. The third kappa shape index (κ3) is 3.96. The topological polar surface area (TPSA) is 46.3 Å². The lowest BCUT2D eigenvalue weighted by molar-refractivity contribution is -0.128. The van der Waals surface area contributed by atoms with Crippen LogP contribution in [0.4, 0.5) is 0 Å². The number of hydrogen-bond acceptors (Lipinski definition) is 2. The summed E-state index contributed by atoms with van der Waals surface area (Å²) < 4.78 is 0. The minimum atomic E-state index is -0.0550. The summed E-state index contributed by atoms with van der Waals surface area (Å²) in [5.74, 6) is 0.303. The first-order valence-corrected chi connectivity index (χ1v) is 7.48. The number of nitrogens with two attached hydrogens (primary N) is 1. The lowest BCUT2D eigenvalue weighted by Gasteiger charge is -2.20. The Balaban J connectivity index is 2.17. The Morgan fingerprint density at radius 2 is 2.19 bits per heavy atom. The molecule has 0 fully saturated rings. The van der Waals surface area contributed by atoms with Crippen molar-refractivity contribution in [2.45, 2.75) is 19.9 Å². The van der Waals surface area contributed by atoms with Gasteiger partial charge in [0.25, 0.3) is 0 Å². The average Bonchev–Trinajstić information content (AvgIpc) is 2.49. The van der Waals surface area contributed by atoms with E-state index in [0.717, 1.165) is 17.0 Å². The van der Waals surface area contributed by atoms with Crippen molar-refractivity contribution in [1.29, 1.82) is 0 Å². The van der Waals surface area contributed by atoms with Gasteiger partial charge in [-0.05, 0) is 41.2 Å². The van der Waals surface area contributed by atoms with Gasteiger partial charge in [0.05, 0.1) is 6.54 Å². The largest absolute Gasteiger partial charge is 0.340 e. The van der Waals surface area contributed by atoms with Crippen LogP contribution >= 0.6 is 11.6 Å². The summed E-state index contributed by atoms with van der Waals surface area (Å²) >= 11 is 6.13. The molecule has 2 N–H and O–H groups in total. The molecule has 3 nitrogen and oxygen atoms in total. The zero-order chi connectivity index (χ0) is 15.4. The van der Waals surface area contributed by atoms with Gasteiger partial charge in [0.15, 0.2) is 0 Å². The molecule has 112 valence electrons. The van der Waals surface area contributed by atoms with Gasteiger partial charge in [-0.15, -0.1) is 0 Å². The van der Waals surface area contributed by atoms with Gasteiger partial charge >= 0.3 is 0 Å². The zero-order valence-corrected chi connectivity index (χ0v) is 13.2. The summed E-state index contributed by atoms with van der Waals surface area (Å²) in [6.45, 7) is 2.74. The van der Waals surface area contributed by atoms with E-state index in [0.29, 0.717) is 12.5 Å². The van der Waals surface area contributed by atoms with Crippen molar-refractivity contribution in [1.82, 2.24) is 4.90 Å². The first-order chi connectivity index (χ1) is 10.0. The highest BCUT2D eigenvalue weighted by Gasteiger charge is 2.15. The van der Waals surface area contributed by atoms with Crippen molar-refractivity contribution in [2.75, 3.05) is 13.6 Å². The van der Waals surface area contributed by atoms with E-state index in [4.69, 9.17) is 17.3 Å². The number of carbonyl (C=O) groups excluding carboxylic acids is 1. The maximum absolute atomic E-state index is 11.5. The molecule has 1 atom stereocenters. The van der Waals surface area contributed by atoms with Gasteiger partial charge in [-0.2, -0.15) is 0 Å². The van der Waals surface area contributed by atoms with Crippen LogP contribution in [0, 0.1) is 5.92 Å². The molecule has 21 heavy (non-hydrogen) atoms. The van der Waals surface area contributed by atoms with E-state index < -0.39 is 0 Å². The summed E-state index contributed by atoms with van der Waals surface area (Å²) in [5.41, 5.74) is 8.95. The third-order valence-corrected chi connectivity index (χ3v) is 4.26. The normalized spacial score (nSPS) is 18.0. The predicted molar refractivity (Wildman–Crippen MR) is 87.7 cm³/mol. The zero-order valence-electron chi connectivity index (χ0n) is 12.5. The Morgan fingerprint density at radius 1 is 1.43 bits per heavy atom. The van der Waals surface area contributed by atoms with Crippen molar-refractivity contribution in [3.63, 3.8) is 0 Å². The van der Waals surface area contributed by atoms with Crippen molar-refractivity contribution in [3.8, 4) is 0 Å². The van der Waals surface area contributed by atoms with Crippen LogP contribution in [0.3, 0.4) is 0 Å². The number of amides is 1. The number of nitrogens with zero attached hydrogens (tertiary/aromatic N) is 1. The molecule has 0 aliphatic heterocycles. The Kier molecular flexibility index (Phi) is 5.21. The second-order valence-electron chi connectivity index (χ2n) is 5.50. The summed E-state index contributed by atoms with van der Waals surface area (Å²) in [7, 11) is 1.77. The SMILES string of the molecule is CC1CC(c2cccc(CN(C)C(=O)CN)c2)=CC=C1Cl. The first kappa shape index (κ1) is 15.8. The van der Waals surface area contributed by atoms with E-state index in [1.54, 1.807) is 11.9 Å². The molecule has 4 heteroatoms. The highest BCUT2D eigenvalue weighted by molar-refractivity contribution is 6.30. The molecule has 0 heterocycles. The maximum Gasteiger partial charge on any atom is 0.236 e. The van der Waals surface area contributed by atoms with Crippen LogP contribution in [0.15, 0.2) is 41.4 Å². The van der Waals surface area contributed by atoms with Crippen LogP contribution < -0.4 is 5.73 Å². The number of carbonyl (C=O) groups is 1. The fourth-order valence-electron chi connectivity index (χ4n) is 2.44. The fourth-order valence-corrected chi connectivity index (χ4v) is 2.58. The molecular formula is C17H21ClN2O. The van der Waals surface area contributed by atoms with Gasteiger partial charge in [0.2, 0.25) is 5.91 Å². The molecule has 0 radical (unpaired) electrons. The molecular weight excluding hydrogens is 284 g/mol.